The third-order valence-corrected chi connectivity index (χ3v) is 3.99. The Morgan fingerprint density at radius 1 is 1.41 bits per heavy atom. The molecule has 96 valence electrons. The molecule has 0 bridgehead atoms. The lowest BCUT2D eigenvalue weighted by Gasteiger charge is -2.19. The summed E-state index contributed by atoms with van der Waals surface area (Å²) in [5, 5.41) is 4.25. The molecule has 0 amide bonds. The number of hydrogen-bond donors (Lipinski definition) is 1. The van der Waals surface area contributed by atoms with E-state index < -0.39 is 0 Å². The van der Waals surface area contributed by atoms with Crippen molar-refractivity contribution in [2.45, 2.75) is 26.4 Å². The Hall–Kier alpha value is -0.610. The van der Waals surface area contributed by atoms with Crippen LogP contribution in [0.2, 0.25) is 0 Å². The van der Waals surface area contributed by atoms with Gasteiger partial charge in [0.15, 0.2) is 0 Å². The van der Waals surface area contributed by atoms with Crippen LogP contribution in [0.15, 0.2) is 18.2 Å². The molecule has 2 atom stereocenters. The number of methoxy groups -OCH3 is 1. The average Bonchev–Trinajstić information content (AvgIpc) is 2.35. The van der Waals surface area contributed by atoms with Crippen LogP contribution in [0.4, 0.5) is 4.39 Å². The fourth-order valence-electron chi connectivity index (χ4n) is 1.40. The van der Waals surface area contributed by atoms with Crippen molar-refractivity contribution >= 4 is 15.9 Å². The SMILES string of the molecule is COc1ccc(CNC(C)C(C)CBr)c(F)c1. The molecule has 0 heterocycles. The highest BCUT2D eigenvalue weighted by molar-refractivity contribution is 9.09. The van der Waals surface area contributed by atoms with Crippen LogP contribution in [-0.4, -0.2) is 18.5 Å². The molecular formula is C13H19BrFNO. The van der Waals surface area contributed by atoms with Gasteiger partial charge >= 0.3 is 0 Å². The predicted octanol–water partition coefficient (Wildman–Crippen LogP) is 3.34. The van der Waals surface area contributed by atoms with E-state index in [1.807, 2.05) is 0 Å². The number of hydrogen-bond acceptors (Lipinski definition) is 2. The lowest BCUT2D eigenvalue weighted by Crippen LogP contribution is -2.32. The first-order valence-electron chi connectivity index (χ1n) is 5.70. The summed E-state index contributed by atoms with van der Waals surface area (Å²) < 4.78 is 18.6. The monoisotopic (exact) mass is 303 g/mol. The van der Waals surface area contributed by atoms with Gasteiger partial charge in [-0.15, -0.1) is 0 Å². The van der Waals surface area contributed by atoms with Crippen LogP contribution in [0.1, 0.15) is 19.4 Å². The average molecular weight is 304 g/mol. The summed E-state index contributed by atoms with van der Waals surface area (Å²) in [4.78, 5) is 0. The van der Waals surface area contributed by atoms with Crippen LogP contribution < -0.4 is 10.1 Å². The van der Waals surface area contributed by atoms with Gasteiger partial charge in [0.1, 0.15) is 11.6 Å². The number of halogens is 2. The van der Waals surface area contributed by atoms with E-state index in [2.05, 4.69) is 35.1 Å². The summed E-state index contributed by atoms with van der Waals surface area (Å²) in [6, 6.07) is 5.29. The van der Waals surface area contributed by atoms with Crippen LogP contribution in [0.3, 0.4) is 0 Å². The Balaban J connectivity index is 2.57. The number of alkyl halides is 1. The fourth-order valence-corrected chi connectivity index (χ4v) is 1.96. The van der Waals surface area contributed by atoms with Crippen LogP contribution in [0, 0.1) is 11.7 Å². The lowest BCUT2D eigenvalue weighted by atomic mass is 10.1. The zero-order valence-corrected chi connectivity index (χ0v) is 12.1. The van der Waals surface area contributed by atoms with Gasteiger partial charge in [0.25, 0.3) is 0 Å². The molecule has 0 aliphatic carbocycles. The molecule has 2 nitrogen and oxygen atoms in total. The van der Waals surface area contributed by atoms with Gasteiger partial charge in [-0.05, 0) is 18.9 Å². The van der Waals surface area contributed by atoms with E-state index in [4.69, 9.17) is 4.74 Å². The number of ether oxygens (including phenoxy) is 1. The first kappa shape index (κ1) is 14.5. The molecule has 0 radical (unpaired) electrons. The van der Waals surface area contributed by atoms with Crippen molar-refractivity contribution in [3.63, 3.8) is 0 Å². The van der Waals surface area contributed by atoms with Crippen molar-refractivity contribution in [2.75, 3.05) is 12.4 Å². The van der Waals surface area contributed by atoms with E-state index in [1.54, 1.807) is 12.1 Å². The van der Waals surface area contributed by atoms with Crippen molar-refractivity contribution in [1.29, 1.82) is 0 Å². The minimum atomic E-state index is -0.226. The number of benzene rings is 1. The second-order valence-electron chi connectivity index (χ2n) is 4.26. The van der Waals surface area contributed by atoms with Crippen LogP contribution in [-0.2, 0) is 6.54 Å². The molecule has 0 spiro atoms. The summed E-state index contributed by atoms with van der Waals surface area (Å²) in [5.74, 6) is 0.833. The van der Waals surface area contributed by atoms with Gasteiger partial charge in [0, 0.05) is 29.5 Å². The van der Waals surface area contributed by atoms with Gasteiger partial charge < -0.3 is 10.1 Å². The van der Waals surface area contributed by atoms with Crippen molar-refractivity contribution in [1.82, 2.24) is 5.32 Å². The molecule has 17 heavy (non-hydrogen) atoms. The molecule has 2 unspecified atom stereocenters. The molecular weight excluding hydrogens is 285 g/mol. The molecule has 0 saturated carbocycles. The van der Waals surface area contributed by atoms with Crippen molar-refractivity contribution in [3.8, 4) is 5.75 Å². The zero-order valence-electron chi connectivity index (χ0n) is 10.5. The van der Waals surface area contributed by atoms with Gasteiger partial charge in [0.2, 0.25) is 0 Å². The van der Waals surface area contributed by atoms with Gasteiger partial charge in [-0.25, -0.2) is 4.39 Å². The first-order valence-corrected chi connectivity index (χ1v) is 6.82. The zero-order chi connectivity index (χ0) is 12.8. The molecule has 0 aliphatic rings. The van der Waals surface area contributed by atoms with E-state index in [0.29, 0.717) is 29.8 Å². The molecule has 1 aromatic rings. The third-order valence-electron chi connectivity index (χ3n) is 2.97. The normalized spacial score (nSPS) is 14.4. The van der Waals surface area contributed by atoms with E-state index in [0.717, 1.165) is 5.33 Å². The standard InChI is InChI=1S/C13H19BrFNO/c1-9(7-14)10(2)16-8-11-4-5-12(17-3)6-13(11)15/h4-6,9-10,16H,7-8H2,1-3H3. The van der Waals surface area contributed by atoms with E-state index in [1.165, 1.54) is 13.2 Å². The van der Waals surface area contributed by atoms with Gasteiger partial charge in [-0.3, -0.25) is 0 Å². The highest BCUT2D eigenvalue weighted by atomic mass is 79.9. The Morgan fingerprint density at radius 2 is 2.12 bits per heavy atom. The van der Waals surface area contributed by atoms with Crippen molar-refractivity contribution in [2.24, 2.45) is 5.92 Å². The second-order valence-corrected chi connectivity index (χ2v) is 4.91. The third kappa shape index (κ3) is 4.28. The fraction of sp³-hybridized carbons (Fsp3) is 0.538. The van der Waals surface area contributed by atoms with Crippen molar-refractivity contribution < 1.29 is 9.13 Å². The lowest BCUT2D eigenvalue weighted by molar-refractivity contribution is 0.408. The maximum absolute atomic E-state index is 13.6. The second kappa shape index (κ2) is 6.97. The summed E-state index contributed by atoms with van der Waals surface area (Å²) in [6.07, 6.45) is 0. The van der Waals surface area contributed by atoms with Gasteiger partial charge in [-0.1, -0.05) is 28.9 Å². The van der Waals surface area contributed by atoms with Crippen LogP contribution in [0.5, 0.6) is 5.75 Å². The molecule has 0 aromatic heterocycles. The summed E-state index contributed by atoms with van der Waals surface area (Å²) in [6.45, 7) is 4.79. The minimum absolute atomic E-state index is 0.226. The van der Waals surface area contributed by atoms with E-state index in [-0.39, 0.29) is 5.82 Å². The Morgan fingerprint density at radius 3 is 2.65 bits per heavy atom. The number of nitrogens with one attached hydrogen (secondary N) is 1. The smallest absolute Gasteiger partial charge is 0.131 e. The van der Waals surface area contributed by atoms with Crippen molar-refractivity contribution in [3.05, 3.63) is 29.6 Å². The van der Waals surface area contributed by atoms with E-state index >= 15 is 0 Å². The molecule has 1 rings (SSSR count). The molecule has 1 N–H and O–H groups in total. The minimum Gasteiger partial charge on any atom is -0.497 e. The first-order chi connectivity index (χ1) is 8.08. The summed E-state index contributed by atoms with van der Waals surface area (Å²) in [7, 11) is 1.53. The van der Waals surface area contributed by atoms with Crippen LogP contribution in [0.25, 0.3) is 0 Å². The molecule has 4 heteroatoms. The highest BCUT2D eigenvalue weighted by Crippen LogP contribution is 2.16. The Labute approximate surface area is 111 Å². The van der Waals surface area contributed by atoms with Gasteiger partial charge in [-0.2, -0.15) is 0 Å². The highest BCUT2D eigenvalue weighted by Gasteiger charge is 2.11. The quantitative estimate of drug-likeness (QED) is 0.814. The molecule has 0 saturated heterocycles. The largest absolute Gasteiger partial charge is 0.497 e. The molecule has 1 aromatic carbocycles. The maximum atomic E-state index is 13.6. The summed E-state index contributed by atoms with van der Waals surface area (Å²) >= 11 is 3.44. The Bertz CT molecular complexity index is 359. The van der Waals surface area contributed by atoms with Crippen LogP contribution >= 0.6 is 15.9 Å². The van der Waals surface area contributed by atoms with Gasteiger partial charge in [0.05, 0.1) is 7.11 Å². The number of rotatable bonds is 6. The van der Waals surface area contributed by atoms with E-state index in [9.17, 15) is 4.39 Å². The topological polar surface area (TPSA) is 21.3 Å². The maximum Gasteiger partial charge on any atom is 0.131 e. The summed E-state index contributed by atoms with van der Waals surface area (Å²) in [5.41, 5.74) is 0.666. The Kier molecular flexibility index (Phi) is 5.92. The molecule has 0 fully saturated rings. The predicted molar refractivity (Wildman–Crippen MR) is 72.2 cm³/mol. The molecule has 0 aliphatic heterocycles.